The van der Waals surface area contributed by atoms with Gasteiger partial charge in [0.2, 0.25) is 0 Å². The van der Waals surface area contributed by atoms with Gasteiger partial charge in [-0.05, 0) is 17.7 Å². The molecular weight excluding hydrogens is 478 g/mol. The molecule has 0 bridgehead atoms. The summed E-state index contributed by atoms with van der Waals surface area (Å²) in [5.41, 5.74) is 1.72. The molecule has 2 N–H and O–H groups in total. The van der Waals surface area contributed by atoms with Crippen LogP contribution in [-0.2, 0) is 13.2 Å². The number of phenolic OH excluding ortho intramolecular Hbond substituents is 2. The molecule has 1 atom stereocenters. The van der Waals surface area contributed by atoms with E-state index in [1.165, 1.54) is 30.0 Å². The molecule has 4 aromatic rings. The lowest BCUT2D eigenvalue weighted by atomic mass is 9.95. The highest BCUT2D eigenvalue weighted by molar-refractivity contribution is 6.02. The van der Waals surface area contributed by atoms with Crippen LogP contribution in [0.15, 0.2) is 66.9 Å². The second-order valence-corrected chi connectivity index (χ2v) is 8.47. The van der Waals surface area contributed by atoms with Crippen LogP contribution in [0, 0.1) is 0 Å². The van der Waals surface area contributed by atoms with Crippen molar-refractivity contribution in [3.63, 3.8) is 0 Å². The Morgan fingerprint density at radius 2 is 1.92 bits per heavy atom. The predicted octanol–water partition coefficient (Wildman–Crippen LogP) is 3.87. The lowest BCUT2D eigenvalue weighted by molar-refractivity contribution is 0.0843. The number of ether oxygens (including phenoxy) is 3. The fraction of sp³-hybridized carbons (Fsp3) is 0.185. The Balaban J connectivity index is 1.28. The molecule has 1 aliphatic rings. The van der Waals surface area contributed by atoms with Gasteiger partial charge in [0.05, 0.1) is 19.7 Å². The van der Waals surface area contributed by atoms with Gasteiger partial charge in [-0.3, -0.25) is 9.59 Å². The third-order valence-electron chi connectivity index (χ3n) is 5.92. The zero-order chi connectivity index (χ0) is 25.9. The SMILES string of the molecule is COc1ccc([C@@H]2CC(=O)c3c(O)cc(OCc4cn(CC(=O)c5ccccc5)nn4)cc3O2)cc1O. The molecule has 0 radical (unpaired) electrons. The van der Waals surface area contributed by atoms with Crippen molar-refractivity contribution in [2.45, 2.75) is 25.7 Å². The van der Waals surface area contributed by atoms with Gasteiger partial charge in [-0.25, -0.2) is 4.68 Å². The van der Waals surface area contributed by atoms with Crippen LogP contribution in [-0.4, -0.2) is 43.9 Å². The maximum Gasteiger partial charge on any atom is 0.184 e. The van der Waals surface area contributed by atoms with Crippen LogP contribution in [0.25, 0.3) is 0 Å². The van der Waals surface area contributed by atoms with Crippen molar-refractivity contribution in [2.24, 2.45) is 0 Å². The van der Waals surface area contributed by atoms with Gasteiger partial charge in [0.25, 0.3) is 0 Å². The molecule has 3 aromatic carbocycles. The van der Waals surface area contributed by atoms with Gasteiger partial charge in [-0.15, -0.1) is 5.10 Å². The molecule has 0 unspecified atom stereocenters. The molecule has 1 aromatic heterocycles. The van der Waals surface area contributed by atoms with Crippen molar-refractivity contribution < 1.29 is 34.0 Å². The van der Waals surface area contributed by atoms with Crippen LogP contribution in [0.1, 0.15) is 44.5 Å². The summed E-state index contributed by atoms with van der Waals surface area (Å²) >= 11 is 0. The van der Waals surface area contributed by atoms with Gasteiger partial charge < -0.3 is 24.4 Å². The van der Waals surface area contributed by atoms with Crippen LogP contribution in [0.4, 0.5) is 0 Å². The molecule has 37 heavy (non-hydrogen) atoms. The molecule has 2 heterocycles. The fourth-order valence-electron chi connectivity index (χ4n) is 4.09. The quantitative estimate of drug-likeness (QED) is 0.345. The van der Waals surface area contributed by atoms with Crippen molar-refractivity contribution in [2.75, 3.05) is 7.11 Å². The molecule has 5 rings (SSSR count). The number of hydrogen-bond donors (Lipinski definition) is 2. The zero-order valence-electron chi connectivity index (χ0n) is 19.8. The average molecular weight is 501 g/mol. The molecular formula is C27H23N3O7. The summed E-state index contributed by atoms with van der Waals surface area (Å²) in [7, 11) is 1.45. The summed E-state index contributed by atoms with van der Waals surface area (Å²) in [6.07, 6.45) is 0.941. The molecule has 0 aliphatic carbocycles. The van der Waals surface area contributed by atoms with Crippen molar-refractivity contribution in [1.82, 2.24) is 15.0 Å². The second kappa shape index (κ2) is 10.0. The Labute approximate surface area is 211 Å². The number of nitrogens with zero attached hydrogens (tertiary/aromatic N) is 3. The first-order chi connectivity index (χ1) is 17.9. The van der Waals surface area contributed by atoms with E-state index >= 15 is 0 Å². The molecule has 0 amide bonds. The van der Waals surface area contributed by atoms with Gasteiger partial charge >= 0.3 is 0 Å². The number of aromatic nitrogens is 3. The van der Waals surface area contributed by atoms with E-state index in [1.807, 2.05) is 6.07 Å². The summed E-state index contributed by atoms with van der Waals surface area (Å²) in [6, 6.07) is 16.5. The smallest absolute Gasteiger partial charge is 0.184 e. The van der Waals surface area contributed by atoms with E-state index in [4.69, 9.17) is 14.2 Å². The molecule has 0 spiro atoms. The Morgan fingerprint density at radius 3 is 2.68 bits per heavy atom. The molecule has 10 heteroatoms. The standard InChI is InChI=1S/C27H23N3O7/c1-35-24-8-7-17(9-20(24)31)25-12-22(33)27-21(32)10-19(11-26(27)37-25)36-15-18-13-30(29-28-18)14-23(34)16-5-3-2-4-6-16/h2-11,13,25,31-32H,12,14-15H2,1H3/t25-/m0/s1. The van der Waals surface area contributed by atoms with E-state index in [2.05, 4.69) is 10.3 Å². The van der Waals surface area contributed by atoms with Gasteiger partial charge in [-0.2, -0.15) is 0 Å². The number of rotatable bonds is 8. The van der Waals surface area contributed by atoms with Gasteiger partial charge in [-0.1, -0.05) is 41.6 Å². The lowest BCUT2D eigenvalue weighted by Crippen LogP contribution is -2.20. The number of methoxy groups -OCH3 is 1. The molecule has 188 valence electrons. The summed E-state index contributed by atoms with van der Waals surface area (Å²) in [6.45, 7) is 0.0520. The van der Waals surface area contributed by atoms with E-state index in [0.29, 0.717) is 22.6 Å². The first-order valence-corrected chi connectivity index (χ1v) is 11.4. The Hall–Kier alpha value is -4.86. The first-order valence-electron chi connectivity index (χ1n) is 11.4. The maximum absolute atomic E-state index is 12.8. The largest absolute Gasteiger partial charge is 0.507 e. The first kappa shape index (κ1) is 23.9. The molecule has 0 saturated heterocycles. The monoisotopic (exact) mass is 501 g/mol. The molecule has 0 saturated carbocycles. The fourth-order valence-corrected chi connectivity index (χ4v) is 4.09. The number of phenols is 2. The number of hydrogen-bond acceptors (Lipinski definition) is 9. The minimum absolute atomic E-state index is 0.00264. The zero-order valence-corrected chi connectivity index (χ0v) is 19.8. The van der Waals surface area contributed by atoms with Crippen LogP contribution in [0.3, 0.4) is 0 Å². The van der Waals surface area contributed by atoms with E-state index in [0.717, 1.165) is 0 Å². The number of aromatic hydroxyl groups is 2. The third kappa shape index (κ3) is 5.08. The Bertz CT molecular complexity index is 1470. The highest BCUT2D eigenvalue weighted by Gasteiger charge is 2.31. The lowest BCUT2D eigenvalue weighted by Gasteiger charge is -2.26. The maximum atomic E-state index is 12.8. The molecule has 10 nitrogen and oxygen atoms in total. The van der Waals surface area contributed by atoms with Gasteiger partial charge in [0.15, 0.2) is 23.1 Å². The van der Waals surface area contributed by atoms with E-state index in [1.54, 1.807) is 42.6 Å². The number of carbonyl (C=O) groups is 2. The second-order valence-electron chi connectivity index (χ2n) is 8.47. The van der Waals surface area contributed by atoms with E-state index in [-0.39, 0.29) is 59.7 Å². The van der Waals surface area contributed by atoms with Crippen molar-refractivity contribution >= 4 is 11.6 Å². The van der Waals surface area contributed by atoms with Crippen molar-refractivity contribution in [3.05, 3.63) is 89.2 Å². The number of benzene rings is 3. The number of fused-ring (bicyclic) bond motifs is 1. The number of carbonyl (C=O) groups excluding carboxylic acids is 2. The number of ketones is 2. The Kier molecular flexibility index (Phi) is 6.46. The summed E-state index contributed by atoms with van der Waals surface area (Å²) in [5, 5.41) is 28.6. The van der Waals surface area contributed by atoms with Gasteiger partial charge in [0, 0.05) is 17.7 Å². The summed E-state index contributed by atoms with van der Waals surface area (Å²) in [4.78, 5) is 25.1. The topological polar surface area (TPSA) is 133 Å². The van der Waals surface area contributed by atoms with Crippen LogP contribution < -0.4 is 14.2 Å². The Morgan fingerprint density at radius 1 is 1.11 bits per heavy atom. The van der Waals surface area contributed by atoms with Crippen molar-refractivity contribution in [1.29, 1.82) is 0 Å². The van der Waals surface area contributed by atoms with Gasteiger partial charge in [0.1, 0.15) is 47.8 Å². The average Bonchev–Trinajstić information content (AvgIpc) is 3.34. The molecule has 1 aliphatic heterocycles. The van der Waals surface area contributed by atoms with Crippen molar-refractivity contribution in [3.8, 4) is 28.7 Å². The minimum Gasteiger partial charge on any atom is -0.507 e. The third-order valence-corrected chi connectivity index (χ3v) is 5.92. The van der Waals surface area contributed by atoms with E-state index < -0.39 is 6.10 Å². The minimum atomic E-state index is -0.659. The van der Waals surface area contributed by atoms with Crippen LogP contribution in [0.5, 0.6) is 28.7 Å². The van der Waals surface area contributed by atoms with Crippen LogP contribution >= 0.6 is 0 Å². The predicted molar refractivity (Wildman–Crippen MR) is 130 cm³/mol. The highest BCUT2D eigenvalue weighted by Crippen LogP contribution is 2.43. The summed E-state index contributed by atoms with van der Waals surface area (Å²) in [5.74, 6) is 0.0172. The normalized spacial score (nSPS) is 14.5. The summed E-state index contributed by atoms with van der Waals surface area (Å²) < 4.78 is 18.2. The number of Topliss-reactive ketones (excluding diaryl/α,β-unsaturated/α-hetero) is 2. The molecule has 0 fully saturated rings. The van der Waals surface area contributed by atoms with E-state index in [9.17, 15) is 19.8 Å². The van der Waals surface area contributed by atoms with Crippen LogP contribution in [0.2, 0.25) is 0 Å². The highest BCUT2D eigenvalue weighted by atomic mass is 16.5.